The number of thiazole rings is 1. The van der Waals surface area contributed by atoms with Crippen molar-refractivity contribution in [3.63, 3.8) is 0 Å². The molecule has 6 N–H and O–H groups in total. The molecule has 0 amide bonds. The van der Waals surface area contributed by atoms with Crippen molar-refractivity contribution in [1.82, 2.24) is 10.4 Å². The molecule has 0 saturated carbocycles. The Morgan fingerprint density at radius 1 is 1.48 bits per heavy atom. The van der Waals surface area contributed by atoms with Gasteiger partial charge in [0.1, 0.15) is 5.75 Å². The Balaban J connectivity index is 2.06. The summed E-state index contributed by atoms with van der Waals surface area (Å²) in [5, 5.41) is 25.2. The molecule has 0 radical (unpaired) electrons. The standard InChI is InChI=1S/C14H17N7OS/c1-8-12(9(2)19-20-13(15)16)23-14(18-8)21-17-7-10-4-3-5-11(22)6-10/h3-7,22H,1-2H3,(H,18,21)(H4,15,16,20). The summed E-state index contributed by atoms with van der Waals surface area (Å²) < 4.78 is 0. The van der Waals surface area contributed by atoms with Crippen molar-refractivity contribution in [3.8, 4) is 5.75 Å². The maximum atomic E-state index is 9.38. The molecule has 8 nitrogen and oxygen atoms in total. The predicted octanol–water partition coefficient (Wildman–Crippen LogP) is 1.81. The van der Waals surface area contributed by atoms with Gasteiger partial charge in [0.25, 0.3) is 0 Å². The molecule has 0 unspecified atom stereocenters. The molecule has 0 aliphatic rings. The van der Waals surface area contributed by atoms with Gasteiger partial charge in [-0.05, 0) is 31.5 Å². The van der Waals surface area contributed by atoms with Crippen molar-refractivity contribution < 1.29 is 5.11 Å². The fraction of sp³-hybridized carbons (Fsp3) is 0.143. The van der Waals surface area contributed by atoms with Crippen LogP contribution in [0.5, 0.6) is 5.75 Å². The Labute approximate surface area is 137 Å². The van der Waals surface area contributed by atoms with Gasteiger partial charge in [0.2, 0.25) is 11.1 Å². The summed E-state index contributed by atoms with van der Waals surface area (Å²) in [7, 11) is 0. The average Bonchev–Trinajstić information content (AvgIpc) is 2.86. The number of anilines is 1. The van der Waals surface area contributed by atoms with Crippen molar-refractivity contribution in [2.45, 2.75) is 13.8 Å². The number of guanidine groups is 1. The quantitative estimate of drug-likeness (QED) is 0.324. The largest absolute Gasteiger partial charge is 0.508 e. The first-order chi connectivity index (χ1) is 11.0. The van der Waals surface area contributed by atoms with Gasteiger partial charge in [-0.25, -0.2) is 10.4 Å². The second-order valence-electron chi connectivity index (χ2n) is 4.62. The number of aromatic nitrogens is 1. The Hall–Kier alpha value is -2.94. The molecule has 120 valence electrons. The number of rotatable bonds is 5. The number of phenolic OH excluding ortho intramolecular Hbond substituents is 1. The molecule has 9 heteroatoms. The highest BCUT2D eigenvalue weighted by Crippen LogP contribution is 2.23. The summed E-state index contributed by atoms with van der Waals surface area (Å²) in [6, 6.07) is 6.77. The third-order valence-corrected chi connectivity index (χ3v) is 3.88. The molecule has 0 atom stereocenters. The maximum absolute atomic E-state index is 9.38. The van der Waals surface area contributed by atoms with E-state index >= 15 is 0 Å². The second-order valence-corrected chi connectivity index (χ2v) is 5.62. The van der Waals surface area contributed by atoms with Gasteiger partial charge in [-0.3, -0.25) is 10.8 Å². The topological polar surface area (TPSA) is 132 Å². The molecule has 0 spiro atoms. The lowest BCUT2D eigenvalue weighted by Gasteiger charge is -1.98. The van der Waals surface area contributed by atoms with E-state index in [1.807, 2.05) is 13.0 Å². The molecule has 0 saturated heterocycles. The summed E-state index contributed by atoms with van der Waals surface area (Å²) >= 11 is 1.39. The van der Waals surface area contributed by atoms with Crippen LogP contribution in [0.15, 0.2) is 34.5 Å². The molecule has 23 heavy (non-hydrogen) atoms. The van der Waals surface area contributed by atoms with Crippen molar-refractivity contribution in [2.24, 2.45) is 15.9 Å². The number of aryl methyl sites for hydroxylation is 1. The van der Waals surface area contributed by atoms with Crippen LogP contribution in [0.25, 0.3) is 0 Å². The van der Waals surface area contributed by atoms with Crippen LogP contribution in [0, 0.1) is 12.3 Å². The second kappa shape index (κ2) is 7.36. The van der Waals surface area contributed by atoms with Crippen LogP contribution >= 0.6 is 11.3 Å². The van der Waals surface area contributed by atoms with Crippen LogP contribution < -0.4 is 16.6 Å². The minimum absolute atomic E-state index is 0.186. The van der Waals surface area contributed by atoms with E-state index < -0.39 is 0 Å². The lowest BCUT2D eigenvalue weighted by atomic mass is 10.2. The number of hydrazone groups is 2. The Bertz CT molecular complexity index is 766. The highest BCUT2D eigenvalue weighted by atomic mass is 32.1. The Morgan fingerprint density at radius 2 is 2.26 bits per heavy atom. The number of hydrogen-bond acceptors (Lipinski definition) is 7. The molecule has 2 aromatic rings. The van der Waals surface area contributed by atoms with E-state index in [0.29, 0.717) is 10.8 Å². The van der Waals surface area contributed by atoms with E-state index in [-0.39, 0.29) is 11.7 Å². The monoisotopic (exact) mass is 331 g/mol. The minimum atomic E-state index is -0.222. The normalized spacial score (nSPS) is 11.7. The fourth-order valence-corrected chi connectivity index (χ4v) is 2.60. The van der Waals surface area contributed by atoms with Gasteiger partial charge in [0, 0.05) is 0 Å². The van der Waals surface area contributed by atoms with Crippen LogP contribution in [0.4, 0.5) is 5.13 Å². The molecular formula is C14H17N7OS. The Morgan fingerprint density at radius 3 is 2.96 bits per heavy atom. The third-order valence-electron chi connectivity index (χ3n) is 2.71. The summed E-state index contributed by atoms with van der Waals surface area (Å²) in [6.45, 7) is 3.67. The summed E-state index contributed by atoms with van der Waals surface area (Å²) in [5.74, 6) is -0.0354. The third kappa shape index (κ3) is 4.78. The molecule has 0 aliphatic heterocycles. The fourth-order valence-electron chi connectivity index (χ4n) is 1.74. The number of aromatic hydroxyl groups is 1. The molecule has 0 fully saturated rings. The summed E-state index contributed by atoms with van der Waals surface area (Å²) in [5.41, 5.74) is 12.7. The van der Waals surface area contributed by atoms with Crippen LogP contribution in [-0.2, 0) is 0 Å². The van der Waals surface area contributed by atoms with Gasteiger partial charge in [-0.2, -0.15) is 10.2 Å². The molecule has 0 bridgehead atoms. The van der Waals surface area contributed by atoms with Gasteiger partial charge in [0.05, 0.1) is 22.5 Å². The van der Waals surface area contributed by atoms with Gasteiger partial charge in [-0.1, -0.05) is 23.5 Å². The smallest absolute Gasteiger partial charge is 0.206 e. The highest BCUT2D eigenvalue weighted by molar-refractivity contribution is 7.17. The Kier molecular flexibility index (Phi) is 5.26. The number of benzene rings is 1. The summed E-state index contributed by atoms with van der Waals surface area (Å²) in [6.07, 6.45) is 1.59. The number of hydrogen-bond donors (Lipinski definition) is 5. The lowest BCUT2D eigenvalue weighted by Crippen LogP contribution is -2.26. The van der Waals surface area contributed by atoms with Crippen molar-refractivity contribution in [3.05, 3.63) is 40.4 Å². The van der Waals surface area contributed by atoms with Gasteiger partial charge in [0.15, 0.2) is 0 Å². The number of nitrogens with zero attached hydrogens (tertiary/aromatic N) is 3. The zero-order valence-corrected chi connectivity index (χ0v) is 13.5. The van der Waals surface area contributed by atoms with Crippen LogP contribution in [0.3, 0.4) is 0 Å². The van der Waals surface area contributed by atoms with Crippen molar-refractivity contribution in [2.75, 3.05) is 5.43 Å². The predicted molar refractivity (Wildman–Crippen MR) is 93.4 cm³/mol. The minimum Gasteiger partial charge on any atom is -0.508 e. The SMILES string of the molecule is CC(=NNC(=N)N)c1sc(NN=Cc2cccc(O)c2)nc1C. The van der Waals surface area contributed by atoms with Crippen molar-refractivity contribution in [1.29, 1.82) is 5.41 Å². The first-order valence-electron chi connectivity index (χ1n) is 6.66. The van der Waals surface area contributed by atoms with Crippen LogP contribution in [0.2, 0.25) is 0 Å². The van der Waals surface area contributed by atoms with E-state index in [0.717, 1.165) is 16.1 Å². The zero-order valence-electron chi connectivity index (χ0n) is 12.7. The molecular weight excluding hydrogens is 314 g/mol. The maximum Gasteiger partial charge on any atom is 0.206 e. The molecule has 1 aromatic carbocycles. The van der Waals surface area contributed by atoms with E-state index in [1.165, 1.54) is 11.3 Å². The van der Waals surface area contributed by atoms with Gasteiger partial charge in [-0.15, -0.1) is 0 Å². The molecule has 1 aromatic heterocycles. The summed E-state index contributed by atoms with van der Waals surface area (Å²) in [4.78, 5) is 5.23. The van der Waals surface area contributed by atoms with Gasteiger partial charge < -0.3 is 10.8 Å². The number of phenols is 1. The zero-order chi connectivity index (χ0) is 16.8. The van der Waals surface area contributed by atoms with E-state index in [4.69, 9.17) is 11.1 Å². The van der Waals surface area contributed by atoms with E-state index in [1.54, 1.807) is 31.3 Å². The molecule has 2 rings (SSSR count). The molecule has 1 heterocycles. The first-order valence-corrected chi connectivity index (χ1v) is 7.47. The van der Waals surface area contributed by atoms with E-state index in [2.05, 4.69) is 26.0 Å². The lowest BCUT2D eigenvalue weighted by molar-refractivity contribution is 0.475. The van der Waals surface area contributed by atoms with Crippen molar-refractivity contribution >= 4 is 34.4 Å². The molecule has 0 aliphatic carbocycles. The average molecular weight is 331 g/mol. The van der Waals surface area contributed by atoms with Crippen LogP contribution in [-0.4, -0.2) is 28.0 Å². The first kappa shape index (κ1) is 16.4. The number of nitrogens with two attached hydrogens (primary N) is 1. The number of nitrogens with one attached hydrogen (secondary N) is 3. The highest BCUT2D eigenvalue weighted by Gasteiger charge is 2.10. The van der Waals surface area contributed by atoms with Gasteiger partial charge >= 0.3 is 0 Å². The van der Waals surface area contributed by atoms with Crippen LogP contribution in [0.1, 0.15) is 23.1 Å². The van der Waals surface area contributed by atoms with E-state index in [9.17, 15) is 5.11 Å².